The average Bonchev–Trinajstić information content (AvgIpc) is 3.06. The molecule has 0 aliphatic heterocycles. The Morgan fingerprint density at radius 1 is 1.00 bits per heavy atom. The van der Waals surface area contributed by atoms with Crippen LogP contribution in [0.15, 0.2) is 66.3 Å². The van der Waals surface area contributed by atoms with Gasteiger partial charge >= 0.3 is 0 Å². The molecule has 1 heteroatoms. The Bertz CT molecular complexity index is 440. The Morgan fingerprint density at radius 3 is 2.33 bits per heavy atom. The van der Waals surface area contributed by atoms with Gasteiger partial charge in [-0.25, -0.2) is 23.8 Å². The van der Waals surface area contributed by atoms with Crippen LogP contribution in [0.5, 0.6) is 0 Å². The largest absolute Gasteiger partial charge is 0.273 e. The predicted octanol–water partition coefficient (Wildman–Crippen LogP) is 4.22. The van der Waals surface area contributed by atoms with Crippen LogP contribution >= 0.6 is 0 Å². The maximum absolute atomic E-state index is 3.31. The number of rotatable bonds is 2. The van der Waals surface area contributed by atoms with Gasteiger partial charge in [0.2, 0.25) is 0 Å². The minimum atomic E-state index is 0. The van der Waals surface area contributed by atoms with Crippen LogP contribution in [0.1, 0.15) is 18.4 Å². The van der Waals surface area contributed by atoms with Crippen molar-refractivity contribution in [1.82, 2.24) is 0 Å². The minimum Gasteiger partial charge on any atom is -0.273 e. The molecular weight excluding hydrogens is 383 g/mol. The summed E-state index contributed by atoms with van der Waals surface area (Å²) in [6.45, 7) is 0. The van der Waals surface area contributed by atoms with Crippen molar-refractivity contribution >= 4 is 0 Å². The maximum Gasteiger partial charge on any atom is 0 e. The van der Waals surface area contributed by atoms with Crippen LogP contribution in [0.3, 0.4) is 0 Å². The zero-order chi connectivity index (χ0) is 11.8. The molecule has 0 aromatic heterocycles. The fourth-order valence-electron chi connectivity index (χ4n) is 1.73. The molecule has 0 atom stereocenters. The van der Waals surface area contributed by atoms with Crippen LogP contribution in [-0.2, 0) is 32.3 Å². The van der Waals surface area contributed by atoms with E-state index in [-0.39, 0.29) is 25.8 Å². The van der Waals surface area contributed by atoms with Crippen LogP contribution in [0, 0.1) is 12.2 Å². The van der Waals surface area contributed by atoms with Crippen LogP contribution in [0.25, 0.3) is 0 Å². The van der Waals surface area contributed by atoms with E-state index in [0.717, 1.165) is 19.3 Å². The third-order valence-electron chi connectivity index (χ3n) is 2.59. The molecule has 0 heterocycles. The molecule has 18 heavy (non-hydrogen) atoms. The summed E-state index contributed by atoms with van der Waals surface area (Å²) in [5.41, 5.74) is 2.69. The molecule has 0 fully saturated rings. The van der Waals surface area contributed by atoms with Gasteiger partial charge in [-0.05, 0) is 12.0 Å². The molecule has 0 spiro atoms. The zero-order valence-corrected chi connectivity index (χ0v) is 14.0. The molecule has 0 saturated carbocycles. The van der Waals surface area contributed by atoms with Crippen molar-refractivity contribution in [2.75, 3.05) is 0 Å². The molecule has 0 amide bonds. The Hall–Kier alpha value is -0.950. The molecule has 0 nitrogen and oxygen atoms in total. The van der Waals surface area contributed by atoms with E-state index in [1.54, 1.807) is 0 Å². The third-order valence-corrected chi connectivity index (χ3v) is 2.59. The smallest absolute Gasteiger partial charge is 0 e. The fraction of sp³-hybridized carbons (Fsp3) is 0.176. The van der Waals surface area contributed by atoms with Crippen molar-refractivity contribution in [2.24, 2.45) is 0 Å². The van der Waals surface area contributed by atoms with E-state index >= 15 is 0 Å². The summed E-state index contributed by atoms with van der Waals surface area (Å²) in [5, 5.41) is 0. The normalized spacial score (nSPS) is 14.8. The first kappa shape index (κ1) is 15.1. The van der Waals surface area contributed by atoms with Crippen molar-refractivity contribution in [2.45, 2.75) is 19.3 Å². The molecule has 90 valence electrons. The van der Waals surface area contributed by atoms with E-state index < -0.39 is 0 Å². The molecule has 2 aliphatic carbocycles. The molecule has 0 unspecified atom stereocenters. The topological polar surface area (TPSA) is 0 Å². The second-order valence-electron chi connectivity index (χ2n) is 3.97. The second-order valence-corrected chi connectivity index (χ2v) is 3.97. The SMILES string of the molecule is [C-]1=C(Cc2ccccc2)C=CC1.[C-]1=CC=CC1.[Hf]. The van der Waals surface area contributed by atoms with Crippen molar-refractivity contribution < 1.29 is 25.8 Å². The maximum atomic E-state index is 3.31. The van der Waals surface area contributed by atoms with Crippen molar-refractivity contribution in [3.63, 3.8) is 0 Å². The van der Waals surface area contributed by atoms with Gasteiger partial charge in [0.05, 0.1) is 0 Å². The van der Waals surface area contributed by atoms with Gasteiger partial charge in [-0.1, -0.05) is 30.3 Å². The number of hydrogen-bond acceptors (Lipinski definition) is 0. The quantitative estimate of drug-likeness (QED) is 0.517. The summed E-state index contributed by atoms with van der Waals surface area (Å²) in [4.78, 5) is 0. The third kappa shape index (κ3) is 5.59. The van der Waals surface area contributed by atoms with Gasteiger partial charge in [0.15, 0.2) is 0 Å². The van der Waals surface area contributed by atoms with E-state index in [1.165, 1.54) is 11.1 Å². The minimum absolute atomic E-state index is 0. The summed E-state index contributed by atoms with van der Waals surface area (Å²) in [6, 6.07) is 10.5. The zero-order valence-electron chi connectivity index (χ0n) is 10.4. The molecule has 3 rings (SSSR count). The van der Waals surface area contributed by atoms with Gasteiger partial charge in [0.1, 0.15) is 0 Å². The monoisotopic (exact) mass is 400 g/mol. The van der Waals surface area contributed by atoms with Gasteiger partial charge in [-0.3, -0.25) is 12.2 Å². The van der Waals surface area contributed by atoms with E-state index in [2.05, 4.69) is 54.6 Å². The van der Waals surface area contributed by atoms with Crippen molar-refractivity contribution in [3.05, 3.63) is 84.0 Å². The van der Waals surface area contributed by atoms with Crippen LogP contribution in [0.2, 0.25) is 0 Å². The molecule has 0 N–H and O–H groups in total. The van der Waals surface area contributed by atoms with Crippen molar-refractivity contribution in [1.29, 1.82) is 0 Å². The predicted molar refractivity (Wildman–Crippen MR) is 72.2 cm³/mol. The summed E-state index contributed by atoms with van der Waals surface area (Å²) >= 11 is 0. The Balaban J connectivity index is 0.000000230. The summed E-state index contributed by atoms with van der Waals surface area (Å²) in [7, 11) is 0. The average molecular weight is 399 g/mol. The van der Waals surface area contributed by atoms with E-state index in [4.69, 9.17) is 0 Å². The second kappa shape index (κ2) is 9.04. The summed E-state index contributed by atoms with van der Waals surface area (Å²) < 4.78 is 0. The van der Waals surface area contributed by atoms with E-state index in [0.29, 0.717) is 0 Å². The Labute approximate surface area is 129 Å². The van der Waals surface area contributed by atoms with Crippen LogP contribution in [-0.4, -0.2) is 0 Å². The first-order valence-electron chi connectivity index (χ1n) is 5.97. The van der Waals surface area contributed by atoms with Crippen LogP contribution < -0.4 is 0 Å². The van der Waals surface area contributed by atoms with Crippen LogP contribution in [0.4, 0.5) is 0 Å². The molecule has 0 radical (unpaired) electrons. The Morgan fingerprint density at radius 2 is 1.83 bits per heavy atom. The van der Waals surface area contributed by atoms with Gasteiger partial charge in [-0.15, -0.1) is 12.8 Å². The molecular formula is C17H16Hf-2. The standard InChI is InChI=1S/C12H11.C5H5.Hf/c1-2-6-11(7-3-1)10-12-8-4-5-9-12;1-2-4-5-3-1;/h1-4,6-8H,5,10H2;1-3H,4H2;/q2*-1;. The Kier molecular flexibility index (Phi) is 7.59. The van der Waals surface area contributed by atoms with Gasteiger partial charge in [0, 0.05) is 25.8 Å². The van der Waals surface area contributed by atoms with Gasteiger partial charge in [0.25, 0.3) is 0 Å². The number of benzene rings is 1. The molecule has 1 aromatic carbocycles. The molecule has 2 aliphatic rings. The summed E-state index contributed by atoms with van der Waals surface area (Å²) in [5.74, 6) is 0. The number of hydrogen-bond donors (Lipinski definition) is 0. The van der Waals surface area contributed by atoms with Gasteiger partial charge < -0.3 is 0 Å². The first-order valence-corrected chi connectivity index (χ1v) is 5.97. The molecule has 0 bridgehead atoms. The first-order chi connectivity index (χ1) is 8.45. The fourth-order valence-corrected chi connectivity index (χ4v) is 1.73. The number of allylic oxidation sites excluding steroid dienone is 8. The molecule has 1 aromatic rings. The summed E-state index contributed by atoms with van der Waals surface area (Å²) in [6.07, 6.45) is 19.6. The van der Waals surface area contributed by atoms with Gasteiger partial charge in [-0.2, -0.15) is 12.2 Å². The van der Waals surface area contributed by atoms with E-state index in [1.807, 2.05) is 18.2 Å². The molecule has 0 saturated heterocycles. The van der Waals surface area contributed by atoms with Crippen molar-refractivity contribution in [3.8, 4) is 0 Å². The van der Waals surface area contributed by atoms with E-state index in [9.17, 15) is 0 Å².